The van der Waals surface area contributed by atoms with Gasteiger partial charge in [-0.05, 0) is 94.9 Å². The molecule has 1 aliphatic heterocycles. The number of nitrogens with two attached hydrogens (primary N) is 1. The summed E-state index contributed by atoms with van der Waals surface area (Å²) < 4.78 is 5.72. The van der Waals surface area contributed by atoms with E-state index in [9.17, 15) is 0 Å². The third-order valence-electron chi connectivity index (χ3n) is 8.53. The fourth-order valence-corrected chi connectivity index (χ4v) is 6.86. The lowest BCUT2D eigenvalue weighted by Crippen LogP contribution is -2.48. The quantitative estimate of drug-likeness (QED) is 0.582. The van der Waals surface area contributed by atoms with Gasteiger partial charge in [-0.25, -0.2) is 0 Å². The maximum Gasteiger partial charge on any atom is 0.0586 e. The van der Waals surface area contributed by atoms with E-state index in [1.807, 2.05) is 7.11 Å². The highest BCUT2D eigenvalue weighted by atomic mass is 16.5. The van der Waals surface area contributed by atoms with Crippen LogP contribution in [0.3, 0.4) is 0 Å². The summed E-state index contributed by atoms with van der Waals surface area (Å²) in [4.78, 5) is 2.85. The number of hydrogen-bond acceptors (Lipinski definition) is 5. The zero-order valence-corrected chi connectivity index (χ0v) is 18.1. The van der Waals surface area contributed by atoms with Crippen molar-refractivity contribution in [2.24, 2.45) is 23.5 Å². The fourth-order valence-electron chi connectivity index (χ4n) is 6.86. The van der Waals surface area contributed by atoms with Crippen LogP contribution in [-0.2, 0) is 4.74 Å². The fraction of sp³-hybridized carbons (Fsp3) is 1.00. The van der Waals surface area contributed by atoms with Gasteiger partial charge in [-0.2, -0.15) is 0 Å². The topological polar surface area (TPSA) is 62.5 Å². The van der Waals surface area contributed by atoms with Gasteiger partial charge in [0.05, 0.1) is 6.10 Å². The van der Waals surface area contributed by atoms with Crippen LogP contribution in [0.5, 0.6) is 0 Å². The van der Waals surface area contributed by atoms with Crippen molar-refractivity contribution in [1.82, 2.24) is 15.5 Å². The van der Waals surface area contributed by atoms with Gasteiger partial charge in [-0.1, -0.05) is 0 Å². The average Bonchev–Trinajstić information content (AvgIpc) is 3.18. The van der Waals surface area contributed by atoms with Crippen molar-refractivity contribution in [2.45, 2.75) is 94.9 Å². The molecule has 0 aromatic rings. The third kappa shape index (κ3) is 4.92. The number of methoxy groups -OCH3 is 1. The molecule has 4 rings (SSSR count). The SMILES string of the molecule is COC1CCCC(N2CNC3CCC(C4CCC(CNCCN)CC4)CC32)C1. The second kappa shape index (κ2) is 10.2. The highest BCUT2D eigenvalue weighted by Gasteiger charge is 2.44. The Hall–Kier alpha value is -0.200. The molecule has 162 valence electrons. The summed E-state index contributed by atoms with van der Waals surface area (Å²) in [5, 5.41) is 7.39. The van der Waals surface area contributed by atoms with Crippen molar-refractivity contribution in [1.29, 1.82) is 0 Å². The minimum absolute atomic E-state index is 0.486. The van der Waals surface area contributed by atoms with Gasteiger partial charge in [0.25, 0.3) is 0 Å². The molecule has 3 aliphatic carbocycles. The van der Waals surface area contributed by atoms with Crippen LogP contribution < -0.4 is 16.4 Å². The molecule has 0 bridgehead atoms. The van der Waals surface area contributed by atoms with E-state index in [4.69, 9.17) is 10.5 Å². The van der Waals surface area contributed by atoms with Crippen LogP contribution in [0.1, 0.15) is 70.6 Å². The standard InChI is InChI=1S/C23H44N4O/c1-28-21-4-2-3-20(14-21)27-16-26-22-10-9-19(13-23(22)27)18-7-5-17(6-8-18)15-25-12-11-24/h17-23,25-26H,2-16,24H2,1H3. The molecule has 4 aliphatic rings. The zero-order valence-electron chi connectivity index (χ0n) is 18.1. The van der Waals surface area contributed by atoms with Crippen LogP contribution in [0, 0.1) is 17.8 Å². The van der Waals surface area contributed by atoms with Gasteiger partial charge < -0.3 is 15.8 Å². The molecular formula is C23H44N4O. The molecule has 0 spiro atoms. The Kier molecular flexibility index (Phi) is 7.67. The van der Waals surface area contributed by atoms with Gasteiger partial charge >= 0.3 is 0 Å². The summed E-state index contributed by atoms with van der Waals surface area (Å²) in [5.74, 6) is 2.83. The molecule has 4 fully saturated rings. The summed E-state index contributed by atoms with van der Waals surface area (Å²) in [6, 6.07) is 2.27. The maximum atomic E-state index is 5.72. The highest BCUT2D eigenvalue weighted by Crippen LogP contribution is 2.43. The summed E-state index contributed by atoms with van der Waals surface area (Å²) >= 11 is 0. The summed E-state index contributed by atoms with van der Waals surface area (Å²) in [7, 11) is 1.90. The van der Waals surface area contributed by atoms with E-state index in [2.05, 4.69) is 15.5 Å². The molecular weight excluding hydrogens is 348 g/mol. The molecule has 5 heteroatoms. The van der Waals surface area contributed by atoms with Crippen LogP contribution >= 0.6 is 0 Å². The van der Waals surface area contributed by atoms with Crippen molar-refractivity contribution >= 4 is 0 Å². The molecule has 5 atom stereocenters. The molecule has 3 saturated carbocycles. The van der Waals surface area contributed by atoms with Crippen LogP contribution in [-0.4, -0.2) is 62.5 Å². The van der Waals surface area contributed by atoms with E-state index in [1.165, 1.54) is 77.2 Å². The molecule has 4 N–H and O–H groups in total. The molecule has 5 nitrogen and oxygen atoms in total. The second-order valence-electron chi connectivity index (χ2n) is 10.1. The summed E-state index contributed by atoms with van der Waals surface area (Å²) in [6.07, 6.45) is 15.7. The average molecular weight is 393 g/mol. The second-order valence-corrected chi connectivity index (χ2v) is 10.1. The third-order valence-corrected chi connectivity index (χ3v) is 8.53. The monoisotopic (exact) mass is 392 g/mol. The number of hydrogen-bond donors (Lipinski definition) is 3. The lowest BCUT2D eigenvalue weighted by molar-refractivity contribution is 0.0129. The molecule has 28 heavy (non-hydrogen) atoms. The van der Waals surface area contributed by atoms with Crippen LogP contribution in [0.2, 0.25) is 0 Å². The van der Waals surface area contributed by atoms with E-state index in [0.717, 1.165) is 55.6 Å². The summed E-state index contributed by atoms with van der Waals surface area (Å²) in [6.45, 7) is 4.03. The van der Waals surface area contributed by atoms with Crippen molar-refractivity contribution < 1.29 is 4.74 Å². The molecule has 5 unspecified atom stereocenters. The number of rotatable bonds is 7. The predicted molar refractivity (Wildman–Crippen MR) is 115 cm³/mol. The van der Waals surface area contributed by atoms with Gasteiger partial charge in [0.2, 0.25) is 0 Å². The number of ether oxygens (including phenoxy) is 1. The number of nitrogens with zero attached hydrogens (tertiary/aromatic N) is 1. The smallest absolute Gasteiger partial charge is 0.0586 e. The van der Waals surface area contributed by atoms with E-state index in [0.29, 0.717) is 6.10 Å². The van der Waals surface area contributed by atoms with Gasteiger partial charge in [0.15, 0.2) is 0 Å². The Morgan fingerprint density at radius 3 is 2.61 bits per heavy atom. The highest BCUT2D eigenvalue weighted by molar-refractivity contribution is 5.00. The minimum atomic E-state index is 0.486. The summed E-state index contributed by atoms with van der Waals surface area (Å²) in [5.41, 5.74) is 5.61. The van der Waals surface area contributed by atoms with Gasteiger partial charge in [0.1, 0.15) is 0 Å². The van der Waals surface area contributed by atoms with E-state index in [1.54, 1.807) is 0 Å². The van der Waals surface area contributed by atoms with Gasteiger partial charge in [-0.15, -0.1) is 0 Å². The van der Waals surface area contributed by atoms with E-state index < -0.39 is 0 Å². The first kappa shape index (κ1) is 21.0. The molecule has 0 radical (unpaired) electrons. The first-order valence-electron chi connectivity index (χ1n) is 12.2. The Labute approximate surface area is 172 Å². The minimum Gasteiger partial charge on any atom is -0.381 e. The maximum absolute atomic E-state index is 5.72. The van der Waals surface area contributed by atoms with Crippen molar-refractivity contribution in [3.05, 3.63) is 0 Å². The zero-order chi connectivity index (χ0) is 19.3. The largest absolute Gasteiger partial charge is 0.381 e. The first-order valence-corrected chi connectivity index (χ1v) is 12.2. The Balaban J connectivity index is 1.28. The van der Waals surface area contributed by atoms with E-state index in [-0.39, 0.29) is 0 Å². The normalized spacial score (nSPS) is 42.4. The predicted octanol–water partition coefficient (Wildman–Crippen LogP) is 2.70. The lowest BCUT2D eigenvalue weighted by atomic mass is 9.69. The van der Waals surface area contributed by atoms with Crippen LogP contribution in [0.25, 0.3) is 0 Å². The molecule has 0 aromatic heterocycles. The van der Waals surface area contributed by atoms with Crippen molar-refractivity contribution in [2.75, 3.05) is 33.4 Å². The lowest BCUT2D eigenvalue weighted by Gasteiger charge is -2.44. The number of fused-ring (bicyclic) bond motifs is 1. The van der Waals surface area contributed by atoms with Crippen LogP contribution in [0.15, 0.2) is 0 Å². The molecule has 1 saturated heterocycles. The van der Waals surface area contributed by atoms with Crippen molar-refractivity contribution in [3.8, 4) is 0 Å². The van der Waals surface area contributed by atoms with Crippen LogP contribution in [0.4, 0.5) is 0 Å². The first-order chi connectivity index (χ1) is 13.8. The molecule has 1 heterocycles. The number of nitrogens with one attached hydrogen (secondary N) is 2. The van der Waals surface area contributed by atoms with E-state index >= 15 is 0 Å². The Morgan fingerprint density at radius 1 is 1.00 bits per heavy atom. The Morgan fingerprint density at radius 2 is 1.82 bits per heavy atom. The van der Waals surface area contributed by atoms with Crippen molar-refractivity contribution in [3.63, 3.8) is 0 Å². The molecule has 0 amide bonds. The molecule has 0 aromatic carbocycles. The van der Waals surface area contributed by atoms with Gasteiger partial charge in [0, 0.05) is 45.0 Å². The Bertz CT molecular complexity index is 468. The van der Waals surface area contributed by atoms with Gasteiger partial charge in [-0.3, -0.25) is 10.2 Å².